The molecule has 0 aliphatic carbocycles. The zero-order valence-corrected chi connectivity index (χ0v) is 24.4. The highest BCUT2D eigenvalue weighted by atomic mass is 16.5. The van der Waals surface area contributed by atoms with Crippen LogP contribution in [0, 0.1) is 0 Å². The molecule has 42 heavy (non-hydrogen) atoms. The molecule has 1 heterocycles. The van der Waals surface area contributed by atoms with Crippen molar-refractivity contribution in [2.24, 2.45) is 5.73 Å². The van der Waals surface area contributed by atoms with E-state index in [0.29, 0.717) is 49.9 Å². The van der Waals surface area contributed by atoms with E-state index in [4.69, 9.17) is 20.3 Å². The third-order valence-electron chi connectivity index (χ3n) is 6.36. The zero-order chi connectivity index (χ0) is 30.9. The molecule has 0 aliphatic rings. The normalized spacial score (nSPS) is 12.1. The van der Waals surface area contributed by atoms with Crippen LogP contribution < -0.4 is 26.9 Å². The van der Waals surface area contributed by atoms with Gasteiger partial charge in [0.05, 0.1) is 24.8 Å². The zero-order valence-electron chi connectivity index (χ0n) is 24.4. The summed E-state index contributed by atoms with van der Waals surface area (Å²) in [5.74, 6) is -0.796. The highest BCUT2D eigenvalue weighted by molar-refractivity contribution is 5.73. The number of carbonyl (C=O) groups is 2. The molecule has 0 amide bonds. The van der Waals surface area contributed by atoms with Gasteiger partial charge in [-0.05, 0) is 43.9 Å². The SMILES string of the molecule is CCO[C@@H](Cc1ccc(OCCn2c(CC)nc(-c3ccccc3)cc2=O)cc1)C(=O)[O-].NC(CCCC[NH3+])C(=O)O. The highest BCUT2D eigenvalue weighted by Crippen LogP contribution is 2.16. The minimum atomic E-state index is -1.23. The summed E-state index contributed by atoms with van der Waals surface area (Å²) >= 11 is 0. The number of unbranched alkanes of at least 4 members (excludes halogenated alkanes) is 1. The predicted molar refractivity (Wildman–Crippen MR) is 157 cm³/mol. The molecule has 11 heteroatoms. The maximum absolute atomic E-state index is 12.7. The van der Waals surface area contributed by atoms with Gasteiger partial charge in [0.1, 0.15) is 30.3 Å². The number of quaternary nitrogens is 1. The van der Waals surface area contributed by atoms with E-state index in [-0.39, 0.29) is 12.0 Å². The summed E-state index contributed by atoms with van der Waals surface area (Å²) in [6.07, 6.45) is 2.26. The molecular formula is C31H42N4O7. The number of aryl methyl sites for hydroxylation is 1. The Kier molecular flexibility index (Phi) is 14.9. The Hall–Kier alpha value is -4.06. The standard InChI is InChI=1S/C25H28N2O5.C6H14N2O2/c1-3-23-26-21(19-8-6-5-7-9-19)17-24(28)27(23)14-15-32-20-12-10-18(11-13-20)16-22(25(29)30)31-4-2;7-4-2-1-3-5(8)6(9)10/h5-13,17,22H,3-4,14-16H2,1-2H3,(H,29,30);5H,1-4,7-8H2,(H,9,10)/t22-;/m0./s1. The minimum absolute atomic E-state index is 0.112. The average molecular weight is 583 g/mol. The van der Waals surface area contributed by atoms with E-state index in [1.165, 1.54) is 0 Å². The molecule has 1 unspecified atom stereocenters. The number of aromatic nitrogens is 2. The van der Waals surface area contributed by atoms with Crippen molar-refractivity contribution in [3.8, 4) is 17.0 Å². The average Bonchev–Trinajstić information content (AvgIpc) is 2.99. The third kappa shape index (κ3) is 11.4. The van der Waals surface area contributed by atoms with E-state index in [0.717, 1.165) is 30.5 Å². The molecule has 2 aromatic carbocycles. The van der Waals surface area contributed by atoms with Crippen LogP contribution in [0.5, 0.6) is 5.75 Å². The minimum Gasteiger partial charge on any atom is -0.547 e. The lowest BCUT2D eigenvalue weighted by molar-refractivity contribution is -0.368. The van der Waals surface area contributed by atoms with Crippen molar-refractivity contribution in [2.45, 2.75) is 64.6 Å². The molecule has 0 bridgehead atoms. The summed E-state index contributed by atoms with van der Waals surface area (Å²) < 4.78 is 12.6. The van der Waals surface area contributed by atoms with Crippen molar-refractivity contribution in [2.75, 3.05) is 19.8 Å². The molecule has 0 spiro atoms. The summed E-state index contributed by atoms with van der Waals surface area (Å²) in [5.41, 5.74) is 11.2. The molecule has 3 aromatic rings. The molecule has 2 atom stereocenters. The van der Waals surface area contributed by atoms with Crippen LogP contribution in [0.15, 0.2) is 65.5 Å². The number of carboxylic acids is 2. The van der Waals surface area contributed by atoms with Gasteiger partial charge in [0.2, 0.25) is 0 Å². The number of benzene rings is 2. The lowest BCUT2D eigenvalue weighted by atomic mass is 10.1. The van der Waals surface area contributed by atoms with Crippen molar-refractivity contribution < 1.29 is 35.0 Å². The molecule has 0 aliphatic heterocycles. The van der Waals surface area contributed by atoms with Crippen molar-refractivity contribution in [1.29, 1.82) is 0 Å². The Morgan fingerprint density at radius 2 is 1.79 bits per heavy atom. The summed E-state index contributed by atoms with van der Waals surface area (Å²) in [5, 5.41) is 19.5. The van der Waals surface area contributed by atoms with Gasteiger partial charge in [0.15, 0.2) is 0 Å². The second kappa shape index (κ2) is 18.4. The van der Waals surface area contributed by atoms with Crippen LogP contribution in [0.4, 0.5) is 0 Å². The van der Waals surface area contributed by atoms with Crippen molar-refractivity contribution >= 4 is 11.9 Å². The predicted octanol–water partition coefficient (Wildman–Crippen LogP) is 1.06. The van der Waals surface area contributed by atoms with Crippen LogP contribution in [-0.4, -0.2) is 58.5 Å². The number of nitrogens with two attached hydrogens (primary N) is 1. The van der Waals surface area contributed by atoms with Gasteiger partial charge < -0.3 is 35.9 Å². The van der Waals surface area contributed by atoms with Crippen molar-refractivity contribution in [1.82, 2.24) is 9.55 Å². The summed E-state index contributed by atoms with van der Waals surface area (Å²) in [6.45, 7) is 5.55. The van der Waals surface area contributed by atoms with Gasteiger partial charge >= 0.3 is 5.97 Å². The number of carboxylic acid groups (broad SMARTS) is 2. The van der Waals surface area contributed by atoms with Gasteiger partial charge in [-0.25, -0.2) is 4.98 Å². The van der Waals surface area contributed by atoms with Gasteiger partial charge in [-0.1, -0.05) is 49.4 Å². The smallest absolute Gasteiger partial charge is 0.320 e. The maximum atomic E-state index is 12.7. The van der Waals surface area contributed by atoms with E-state index < -0.39 is 24.1 Å². The molecule has 3 rings (SSSR count). The first-order valence-corrected chi connectivity index (χ1v) is 14.2. The highest BCUT2D eigenvalue weighted by Gasteiger charge is 2.12. The van der Waals surface area contributed by atoms with Crippen molar-refractivity contribution in [3.05, 3.63) is 82.4 Å². The van der Waals surface area contributed by atoms with Crippen LogP contribution in [-0.2, 0) is 33.7 Å². The van der Waals surface area contributed by atoms with Crippen LogP contribution in [0.3, 0.4) is 0 Å². The van der Waals surface area contributed by atoms with Crippen LogP contribution >= 0.6 is 0 Å². The maximum Gasteiger partial charge on any atom is 0.320 e. The Balaban J connectivity index is 0.000000528. The summed E-state index contributed by atoms with van der Waals surface area (Å²) in [6, 6.07) is 17.6. The number of rotatable bonds is 16. The second-order valence-electron chi connectivity index (χ2n) is 9.52. The molecule has 1 aromatic heterocycles. The van der Waals surface area contributed by atoms with Gasteiger partial charge in [-0.2, -0.15) is 0 Å². The van der Waals surface area contributed by atoms with E-state index in [1.807, 2.05) is 37.3 Å². The lowest BCUT2D eigenvalue weighted by Crippen LogP contribution is -2.50. The Morgan fingerprint density at radius 1 is 1.10 bits per heavy atom. The first kappa shape index (κ1) is 34.1. The van der Waals surface area contributed by atoms with E-state index in [9.17, 15) is 19.5 Å². The van der Waals surface area contributed by atoms with E-state index in [2.05, 4.69) is 10.7 Å². The molecule has 6 N–H and O–H groups in total. The molecule has 228 valence electrons. The molecule has 0 saturated heterocycles. The van der Waals surface area contributed by atoms with Gasteiger partial charge in [0, 0.05) is 31.1 Å². The fraction of sp³-hybridized carbons (Fsp3) is 0.419. The molecule has 0 radical (unpaired) electrons. The molecule has 0 saturated carbocycles. The van der Waals surface area contributed by atoms with Gasteiger partial charge in [0.25, 0.3) is 5.56 Å². The molecular weight excluding hydrogens is 540 g/mol. The number of hydrogen-bond acceptors (Lipinski definition) is 8. The first-order chi connectivity index (χ1) is 20.2. The molecule has 11 nitrogen and oxygen atoms in total. The van der Waals surface area contributed by atoms with Crippen LogP contribution in [0.2, 0.25) is 0 Å². The topological polar surface area (TPSA) is 184 Å². The Morgan fingerprint density at radius 3 is 2.36 bits per heavy atom. The Labute approximate surface area is 246 Å². The number of ether oxygens (including phenoxy) is 2. The lowest BCUT2D eigenvalue weighted by Gasteiger charge is -2.18. The monoisotopic (exact) mass is 582 g/mol. The molecule has 0 fully saturated rings. The van der Waals surface area contributed by atoms with Crippen LogP contribution in [0.25, 0.3) is 11.3 Å². The second-order valence-corrected chi connectivity index (χ2v) is 9.52. The van der Waals surface area contributed by atoms with Gasteiger partial charge in [-0.3, -0.25) is 14.2 Å². The van der Waals surface area contributed by atoms with Gasteiger partial charge in [-0.15, -0.1) is 0 Å². The summed E-state index contributed by atoms with van der Waals surface area (Å²) in [7, 11) is 0. The number of aliphatic carboxylic acids is 2. The first-order valence-electron chi connectivity index (χ1n) is 14.2. The van der Waals surface area contributed by atoms with Crippen LogP contribution in [0.1, 0.15) is 44.5 Å². The third-order valence-corrected chi connectivity index (χ3v) is 6.36. The largest absolute Gasteiger partial charge is 0.547 e. The van der Waals surface area contributed by atoms with E-state index >= 15 is 0 Å². The Bertz CT molecular complexity index is 1300. The van der Waals surface area contributed by atoms with Crippen molar-refractivity contribution in [3.63, 3.8) is 0 Å². The number of carbonyl (C=O) groups excluding carboxylic acids is 1. The summed E-state index contributed by atoms with van der Waals surface area (Å²) in [4.78, 5) is 38.6. The van der Waals surface area contributed by atoms with E-state index in [1.54, 1.807) is 41.8 Å². The quantitative estimate of drug-likeness (QED) is 0.208. The number of nitrogens with zero attached hydrogens (tertiary/aromatic N) is 2. The fourth-order valence-electron chi connectivity index (χ4n) is 4.09. The number of hydrogen-bond donors (Lipinski definition) is 3. The fourth-order valence-corrected chi connectivity index (χ4v) is 4.09.